The summed E-state index contributed by atoms with van der Waals surface area (Å²) in [6.45, 7) is 3.22. The first kappa shape index (κ1) is 10.0. The maximum Gasteiger partial charge on any atom is 0.164 e. The molecule has 0 unspecified atom stereocenters. The van der Waals surface area contributed by atoms with Gasteiger partial charge in [0, 0.05) is 6.42 Å². The van der Waals surface area contributed by atoms with Crippen LogP contribution >= 0.6 is 0 Å². The molecule has 0 N–H and O–H groups in total. The van der Waals surface area contributed by atoms with Gasteiger partial charge in [0.1, 0.15) is 19.5 Å². The molecule has 0 spiro atoms. The van der Waals surface area contributed by atoms with Crippen molar-refractivity contribution in [1.82, 2.24) is 0 Å². The summed E-state index contributed by atoms with van der Waals surface area (Å²) in [5, 5.41) is 0. The van der Waals surface area contributed by atoms with Crippen molar-refractivity contribution in [3.8, 4) is 11.5 Å². The first-order chi connectivity index (χ1) is 7.33. The molecule has 3 heteroatoms. The first-order valence-electron chi connectivity index (χ1n) is 5.14. The summed E-state index contributed by atoms with van der Waals surface area (Å²) in [5.74, 6) is 1.65. The van der Waals surface area contributed by atoms with Gasteiger partial charge in [-0.25, -0.2) is 0 Å². The van der Waals surface area contributed by atoms with Crippen LogP contribution in [0.1, 0.15) is 17.5 Å². The molecule has 0 atom stereocenters. The van der Waals surface area contributed by atoms with Gasteiger partial charge in [-0.2, -0.15) is 0 Å². The topological polar surface area (TPSA) is 35.5 Å². The average Bonchev–Trinajstić information content (AvgIpc) is 2.29. The predicted octanol–water partition coefficient (Wildman–Crippen LogP) is 1.90. The number of carbonyl (C=O) groups excluding carboxylic acids is 1. The standard InChI is InChI=1S/C12H14O3/c1-9-10(3-2-6-13)4-5-11-12(9)15-8-7-14-11/h4-6H,2-3,7-8H2,1H3. The summed E-state index contributed by atoms with van der Waals surface area (Å²) in [5.41, 5.74) is 2.25. The number of carbonyl (C=O) groups is 1. The molecule has 0 saturated heterocycles. The van der Waals surface area contributed by atoms with Crippen molar-refractivity contribution in [2.24, 2.45) is 0 Å². The zero-order chi connectivity index (χ0) is 10.7. The molecule has 2 rings (SSSR count). The molecule has 0 radical (unpaired) electrons. The molecule has 1 heterocycles. The Morgan fingerprint density at radius 3 is 2.93 bits per heavy atom. The summed E-state index contributed by atoms with van der Waals surface area (Å²) in [6.07, 6.45) is 2.27. The van der Waals surface area contributed by atoms with Crippen LogP contribution in [0.2, 0.25) is 0 Å². The maximum atomic E-state index is 10.3. The summed E-state index contributed by atoms with van der Waals surface area (Å²) in [6, 6.07) is 3.92. The maximum absolute atomic E-state index is 10.3. The monoisotopic (exact) mass is 206 g/mol. The van der Waals surface area contributed by atoms with Gasteiger partial charge in [-0.3, -0.25) is 0 Å². The third-order valence-corrected chi connectivity index (χ3v) is 2.60. The van der Waals surface area contributed by atoms with Crippen LogP contribution in [0.15, 0.2) is 12.1 Å². The van der Waals surface area contributed by atoms with E-state index in [1.165, 1.54) is 0 Å². The second-order valence-corrected chi connectivity index (χ2v) is 3.58. The number of fused-ring (bicyclic) bond motifs is 1. The van der Waals surface area contributed by atoms with E-state index in [0.717, 1.165) is 35.3 Å². The van der Waals surface area contributed by atoms with E-state index in [0.29, 0.717) is 19.6 Å². The van der Waals surface area contributed by atoms with E-state index in [1.54, 1.807) is 0 Å². The van der Waals surface area contributed by atoms with Crippen molar-refractivity contribution < 1.29 is 14.3 Å². The summed E-state index contributed by atoms with van der Waals surface area (Å²) in [4.78, 5) is 10.3. The van der Waals surface area contributed by atoms with E-state index < -0.39 is 0 Å². The molecule has 1 aliphatic rings. The Labute approximate surface area is 89.0 Å². The van der Waals surface area contributed by atoms with Gasteiger partial charge in [0.2, 0.25) is 0 Å². The molecular formula is C12H14O3. The lowest BCUT2D eigenvalue weighted by Gasteiger charge is -2.21. The first-order valence-corrected chi connectivity index (χ1v) is 5.14. The fourth-order valence-corrected chi connectivity index (χ4v) is 1.78. The number of rotatable bonds is 3. The highest BCUT2D eigenvalue weighted by Gasteiger charge is 2.15. The van der Waals surface area contributed by atoms with E-state index in [4.69, 9.17) is 9.47 Å². The fraction of sp³-hybridized carbons (Fsp3) is 0.417. The van der Waals surface area contributed by atoms with E-state index in [9.17, 15) is 4.79 Å². The lowest BCUT2D eigenvalue weighted by atomic mass is 10.0. The molecule has 0 amide bonds. The van der Waals surface area contributed by atoms with Crippen molar-refractivity contribution in [2.45, 2.75) is 19.8 Å². The van der Waals surface area contributed by atoms with E-state index in [1.807, 2.05) is 19.1 Å². The van der Waals surface area contributed by atoms with E-state index in [2.05, 4.69) is 0 Å². The van der Waals surface area contributed by atoms with E-state index in [-0.39, 0.29) is 0 Å². The van der Waals surface area contributed by atoms with Crippen molar-refractivity contribution in [3.63, 3.8) is 0 Å². The number of aryl methyl sites for hydroxylation is 1. The van der Waals surface area contributed by atoms with E-state index >= 15 is 0 Å². The highest BCUT2D eigenvalue weighted by Crippen LogP contribution is 2.35. The molecule has 3 nitrogen and oxygen atoms in total. The smallest absolute Gasteiger partial charge is 0.164 e. The second kappa shape index (κ2) is 4.34. The van der Waals surface area contributed by atoms with Gasteiger partial charge in [-0.15, -0.1) is 0 Å². The zero-order valence-corrected chi connectivity index (χ0v) is 8.79. The van der Waals surface area contributed by atoms with Crippen LogP contribution in [0, 0.1) is 6.92 Å². The van der Waals surface area contributed by atoms with Gasteiger partial charge in [-0.1, -0.05) is 6.07 Å². The number of hydrogen-bond acceptors (Lipinski definition) is 3. The minimum atomic E-state index is 0.556. The SMILES string of the molecule is Cc1c(CCC=O)ccc2c1OCCO2. The third-order valence-electron chi connectivity index (χ3n) is 2.60. The van der Waals surface area contributed by atoms with Gasteiger partial charge in [0.15, 0.2) is 11.5 Å². The van der Waals surface area contributed by atoms with Crippen molar-refractivity contribution in [1.29, 1.82) is 0 Å². The van der Waals surface area contributed by atoms with Crippen LogP contribution in [-0.2, 0) is 11.2 Å². The van der Waals surface area contributed by atoms with Gasteiger partial charge in [0.25, 0.3) is 0 Å². The molecule has 0 fully saturated rings. The Morgan fingerprint density at radius 1 is 1.33 bits per heavy atom. The summed E-state index contributed by atoms with van der Waals surface area (Å²) in [7, 11) is 0. The Bertz CT molecular complexity index is 371. The van der Waals surface area contributed by atoms with Gasteiger partial charge >= 0.3 is 0 Å². The number of aldehydes is 1. The van der Waals surface area contributed by atoms with Gasteiger partial charge in [-0.05, 0) is 30.5 Å². The van der Waals surface area contributed by atoms with Gasteiger partial charge < -0.3 is 14.3 Å². The number of ether oxygens (including phenoxy) is 2. The Hall–Kier alpha value is -1.51. The minimum absolute atomic E-state index is 0.556. The second-order valence-electron chi connectivity index (χ2n) is 3.58. The third kappa shape index (κ3) is 1.96. The number of hydrogen-bond donors (Lipinski definition) is 0. The predicted molar refractivity (Wildman–Crippen MR) is 56.6 cm³/mol. The molecule has 80 valence electrons. The lowest BCUT2D eigenvalue weighted by Crippen LogP contribution is -2.16. The van der Waals surface area contributed by atoms with Crippen LogP contribution in [0.5, 0.6) is 11.5 Å². The molecule has 0 aliphatic carbocycles. The molecule has 0 bridgehead atoms. The molecular weight excluding hydrogens is 192 g/mol. The average molecular weight is 206 g/mol. The molecule has 0 saturated carbocycles. The Morgan fingerprint density at radius 2 is 2.13 bits per heavy atom. The Kier molecular flexibility index (Phi) is 2.90. The summed E-state index contributed by atoms with van der Waals surface area (Å²) >= 11 is 0. The molecule has 1 aromatic carbocycles. The van der Waals surface area contributed by atoms with Gasteiger partial charge in [0.05, 0.1) is 0 Å². The zero-order valence-electron chi connectivity index (χ0n) is 8.79. The fourth-order valence-electron chi connectivity index (χ4n) is 1.78. The highest BCUT2D eigenvalue weighted by atomic mass is 16.6. The largest absolute Gasteiger partial charge is 0.486 e. The van der Waals surface area contributed by atoms with Crippen molar-refractivity contribution >= 4 is 6.29 Å². The molecule has 15 heavy (non-hydrogen) atoms. The highest BCUT2D eigenvalue weighted by molar-refractivity contribution is 5.54. The number of benzene rings is 1. The molecule has 1 aliphatic heterocycles. The summed E-state index contributed by atoms with van der Waals surface area (Å²) < 4.78 is 11.0. The van der Waals surface area contributed by atoms with Crippen LogP contribution in [0.3, 0.4) is 0 Å². The molecule has 0 aromatic heterocycles. The van der Waals surface area contributed by atoms with Crippen LogP contribution in [-0.4, -0.2) is 19.5 Å². The van der Waals surface area contributed by atoms with Crippen molar-refractivity contribution in [2.75, 3.05) is 13.2 Å². The normalized spacial score (nSPS) is 13.7. The Balaban J connectivity index is 2.30. The lowest BCUT2D eigenvalue weighted by molar-refractivity contribution is -0.107. The van der Waals surface area contributed by atoms with Crippen LogP contribution < -0.4 is 9.47 Å². The van der Waals surface area contributed by atoms with Crippen LogP contribution in [0.4, 0.5) is 0 Å². The van der Waals surface area contributed by atoms with Crippen molar-refractivity contribution in [3.05, 3.63) is 23.3 Å². The molecule has 1 aromatic rings. The van der Waals surface area contributed by atoms with Crippen LogP contribution in [0.25, 0.3) is 0 Å². The quantitative estimate of drug-likeness (QED) is 0.708. The minimum Gasteiger partial charge on any atom is -0.486 e.